The number of anilines is 1. The van der Waals surface area contributed by atoms with Gasteiger partial charge in [0.2, 0.25) is 5.82 Å². The SMILES string of the molecule is CN(CC1CC(O)C1)c1ncc(C(=O)O)cc1[N+](=O)[O-]. The van der Waals surface area contributed by atoms with Crippen molar-refractivity contribution < 1.29 is 19.9 Å². The lowest BCUT2D eigenvalue weighted by atomic mass is 9.82. The molecule has 108 valence electrons. The molecule has 1 aliphatic carbocycles. The van der Waals surface area contributed by atoms with E-state index in [1.165, 1.54) is 0 Å². The summed E-state index contributed by atoms with van der Waals surface area (Å²) >= 11 is 0. The highest BCUT2D eigenvalue weighted by molar-refractivity contribution is 5.88. The van der Waals surface area contributed by atoms with Crippen molar-refractivity contribution in [1.29, 1.82) is 0 Å². The first kappa shape index (κ1) is 14.2. The minimum atomic E-state index is -1.25. The van der Waals surface area contributed by atoms with E-state index in [0.29, 0.717) is 19.4 Å². The van der Waals surface area contributed by atoms with Gasteiger partial charge in [-0.2, -0.15) is 0 Å². The number of pyridine rings is 1. The van der Waals surface area contributed by atoms with Gasteiger partial charge in [0.15, 0.2) is 0 Å². The summed E-state index contributed by atoms with van der Waals surface area (Å²) in [5, 5.41) is 29.1. The number of rotatable bonds is 5. The Balaban J connectivity index is 2.21. The van der Waals surface area contributed by atoms with Crippen LogP contribution in [-0.2, 0) is 0 Å². The lowest BCUT2D eigenvalue weighted by Gasteiger charge is -2.34. The van der Waals surface area contributed by atoms with Gasteiger partial charge in [-0.1, -0.05) is 0 Å². The Morgan fingerprint density at radius 1 is 1.60 bits per heavy atom. The summed E-state index contributed by atoms with van der Waals surface area (Å²) in [7, 11) is 1.67. The van der Waals surface area contributed by atoms with Crippen molar-refractivity contribution in [3.05, 3.63) is 27.9 Å². The molecular formula is C12H15N3O5. The van der Waals surface area contributed by atoms with Crippen molar-refractivity contribution in [3.63, 3.8) is 0 Å². The third-order valence-corrected chi connectivity index (χ3v) is 3.40. The van der Waals surface area contributed by atoms with E-state index in [1.54, 1.807) is 11.9 Å². The maximum absolute atomic E-state index is 11.0. The first-order valence-corrected chi connectivity index (χ1v) is 6.15. The third-order valence-electron chi connectivity index (χ3n) is 3.40. The van der Waals surface area contributed by atoms with Gasteiger partial charge in [0.05, 0.1) is 16.6 Å². The van der Waals surface area contributed by atoms with Gasteiger partial charge in [-0.05, 0) is 18.8 Å². The zero-order valence-electron chi connectivity index (χ0n) is 10.9. The Labute approximate surface area is 114 Å². The molecule has 20 heavy (non-hydrogen) atoms. The van der Waals surface area contributed by atoms with E-state index in [9.17, 15) is 20.0 Å². The minimum absolute atomic E-state index is 0.140. The molecule has 0 saturated heterocycles. The fraction of sp³-hybridized carbons (Fsp3) is 0.500. The van der Waals surface area contributed by atoms with Crippen LogP contribution in [-0.4, -0.2) is 45.8 Å². The number of carboxylic acid groups (broad SMARTS) is 1. The molecule has 1 aromatic heterocycles. The van der Waals surface area contributed by atoms with Gasteiger partial charge in [0, 0.05) is 25.9 Å². The van der Waals surface area contributed by atoms with Crippen LogP contribution >= 0.6 is 0 Å². The lowest BCUT2D eigenvalue weighted by Crippen LogP contribution is -2.37. The van der Waals surface area contributed by atoms with Crippen molar-refractivity contribution in [1.82, 2.24) is 4.98 Å². The average molecular weight is 281 g/mol. The first-order valence-electron chi connectivity index (χ1n) is 6.15. The summed E-state index contributed by atoms with van der Waals surface area (Å²) in [6.07, 6.45) is 2.17. The van der Waals surface area contributed by atoms with E-state index in [2.05, 4.69) is 4.98 Å². The van der Waals surface area contributed by atoms with Crippen molar-refractivity contribution >= 4 is 17.5 Å². The molecule has 2 N–H and O–H groups in total. The molecule has 2 rings (SSSR count). The maximum atomic E-state index is 11.0. The highest BCUT2D eigenvalue weighted by Gasteiger charge is 2.30. The van der Waals surface area contributed by atoms with Gasteiger partial charge in [-0.25, -0.2) is 9.78 Å². The zero-order chi connectivity index (χ0) is 14.9. The fourth-order valence-corrected chi connectivity index (χ4v) is 2.31. The van der Waals surface area contributed by atoms with E-state index >= 15 is 0 Å². The second-order valence-corrected chi connectivity index (χ2v) is 5.00. The number of nitro groups is 1. The van der Waals surface area contributed by atoms with Gasteiger partial charge < -0.3 is 15.1 Å². The number of carbonyl (C=O) groups is 1. The van der Waals surface area contributed by atoms with E-state index in [0.717, 1.165) is 12.3 Å². The summed E-state index contributed by atoms with van der Waals surface area (Å²) in [6, 6.07) is 1.01. The van der Waals surface area contributed by atoms with Crippen LogP contribution in [0.15, 0.2) is 12.3 Å². The lowest BCUT2D eigenvalue weighted by molar-refractivity contribution is -0.384. The summed E-state index contributed by atoms with van der Waals surface area (Å²) in [4.78, 5) is 26.7. The van der Waals surface area contributed by atoms with E-state index in [1.807, 2.05) is 0 Å². The Bertz CT molecular complexity index is 542. The van der Waals surface area contributed by atoms with Crippen LogP contribution in [0.4, 0.5) is 11.5 Å². The molecule has 1 fully saturated rings. The highest BCUT2D eigenvalue weighted by Crippen LogP contribution is 2.31. The van der Waals surface area contributed by atoms with Crippen LogP contribution in [0.1, 0.15) is 23.2 Å². The van der Waals surface area contributed by atoms with Gasteiger partial charge in [-0.3, -0.25) is 10.1 Å². The number of carboxylic acids is 1. The average Bonchev–Trinajstić information content (AvgIpc) is 2.35. The monoisotopic (exact) mass is 281 g/mol. The highest BCUT2D eigenvalue weighted by atomic mass is 16.6. The Hall–Kier alpha value is -2.22. The molecule has 0 aliphatic heterocycles. The second kappa shape index (κ2) is 5.41. The van der Waals surface area contributed by atoms with E-state index < -0.39 is 10.9 Å². The Morgan fingerprint density at radius 2 is 2.25 bits per heavy atom. The maximum Gasteiger partial charge on any atom is 0.337 e. The Morgan fingerprint density at radius 3 is 2.75 bits per heavy atom. The molecule has 0 radical (unpaired) electrons. The molecule has 8 nitrogen and oxygen atoms in total. The number of aromatic carboxylic acids is 1. The van der Waals surface area contributed by atoms with E-state index in [-0.39, 0.29) is 29.1 Å². The first-order chi connectivity index (χ1) is 9.38. The van der Waals surface area contributed by atoms with Crippen LogP contribution in [0.25, 0.3) is 0 Å². The largest absolute Gasteiger partial charge is 0.478 e. The topological polar surface area (TPSA) is 117 Å². The van der Waals surface area contributed by atoms with E-state index in [4.69, 9.17) is 5.11 Å². The summed E-state index contributed by atoms with van der Waals surface area (Å²) < 4.78 is 0. The van der Waals surface area contributed by atoms with Crippen molar-refractivity contribution in [2.75, 3.05) is 18.5 Å². The quantitative estimate of drug-likeness (QED) is 0.608. The Kier molecular flexibility index (Phi) is 3.84. The molecule has 1 aromatic rings. The number of hydrogen-bond donors (Lipinski definition) is 2. The summed E-state index contributed by atoms with van der Waals surface area (Å²) in [5.41, 5.74) is -0.541. The van der Waals surface area contributed by atoms with Crippen LogP contribution < -0.4 is 4.90 Å². The van der Waals surface area contributed by atoms with Crippen LogP contribution in [0, 0.1) is 16.0 Å². The number of aliphatic hydroxyl groups is 1. The third kappa shape index (κ3) is 2.85. The molecule has 0 bridgehead atoms. The molecule has 1 heterocycles. The molecule has 0 amide bonds. The normalized spacial score (nSPS) is 21.1. The number of aliphatic hydroxyl groups excluding tert-OH is 1. The molecule has 0 spiro atoms. The van der Waals surface area contributed by atoms with Gasteiger partial charge >= 0.3 is 11.7 Å². The molecule has 1 saturated carbocycles. The van der Waals surface area contributed by atoms with Gasteiger partial charge in [0.1, 0.15) is 0 Å². The molecule has 0 unspecified atom stereocenters. The predicted molar refractivity (Wildman–Crippen MR) is 69.9 cm³/mol. The van der Waals surface area contributed by atoms with Crippen LogP contribution in [0.2, 0.25) is 0 Å². The summed E-state index contributed by atoms with van der Waals surface area (Å²) in [5.74, 6) is -0.839. The van der Waals surface area contributed by atoms with Gasteiger partial charge in [0.25, 0.3) is 0 Å². The van der Waals surface area contributed by atoms with Crippen LogP contribution in [0.5, 0.6) is 0 Å². The predicted octanol–water partition coefficient (Wildman–Crippen LogP) is 0.895. The van der Waals surface area contributed by atoms with Crippen molar-refractivity contribution in [2.24, 2.45) is 5.92 Å². The molecule has 0 atom stereocenters. The molecular weight excluding hydrogens is 266 g/mol. The molecule has 1 aliphatic rings. The van der Waals surface area contributed by atoms with Gasteiger partial charge in [-0.15, -0.1) is 0 Å². The minimum Gasteiger partial charge on any atom is -0.478 e. The summed E-state index contributed by atoms with van der Waals surface area (Å²) in [6.45, 7) is 0.539. The second-order valence-electron chi connectivity index (χ2n) is 5.00. The number of hydrogen-bond acceptors (Lipinski definition) is 6. The fourth-order valence-electron chi connectivity index (χ4n) is 2.31. The van der Waals surface area contributed by atoms with Crippen molar-refractivity contribution in [3.8, 4) is 0 Å². The van der Waals surface area contributed by atoms with Crippen LogP contribution in [0.3, 0.4) is 0 Å². The molecule has 8 heteroatoms. The molecule has 0 aromatic carbocycles. The number of nitrogens with zero attached hydrogens (tertiary/aromatic N) is 3. The zero-order valence-corrected chi connectivity index (χ0v) is 10.9. The standard InChI is InChI=1S/C12H15N3O5/c1-14(6-7-2-9(16)3-7)11-10(15(19)20)4-8(5-13-11)12(17)18/h4-5,7,9,16H,2-3,6H2,1H3,(H,17,18). The smallest absolute Gasteiger partial charge is 0.337 e. The van der Waals surface area contributed by atoms with Crippen molar-refractivity contribution in [2.45, 2.75) is 18.9 Å². The number of aromatic nitrogens is 1.